The molecular weight excluding hydrogens is 423 g/mol. The molecule has 2 nitrogen and oxygen atoms in total. The molecule has 0 N–H and O–H groups in total. The number of rotatable bonds is 7. The lowest BCUT2D eigenvalue weighted by Gasteiger charge is -2.12. The van der Waals surface area contributed by atoms with Crippen molar-refractivity contribution in [2.24, 2.45) is 0 Å². The molecule has 166 valence electrons. The van der Waals surface area contributed by atoms with Crippen LogP contribution in [0, 0.1) is 28.8 Å². The summed E-state index contributed by atoms with van der Waals surface area (Å²) in [5, 5.41) is 9.86. The van der Waals surface area contributed by atoms with Crippen molar-refractivity contribution in [3.8, 4) is 22.9 Å². The summed E-state index contributed by atoms with van der Waals surface area (Å²) in [7, 11) is 0. The molecule has 4 aromatic rings. The van der Waals surface area contributed by atoms with Crippen LogP contribution in [0.15, 0.2) is 66.7 Å². The van der Waals surface area contributed by atoms with Crippen molar-refractivity contribution >= 4 is 10.8 Å². The summed E-state index contributed by atoms with van der Waals surface area (Å²) in [6.45, 7) is 2.29. The van der Waals surface area contributed by atoms with Gasteiger partial charge in [0.05, 0.1) is 23.8 Å². The van der Waals surface area contributed by atoms with Crippen LogP contribution >= 0.6 is 0 Å². The van der Waals surface area contributed by atoms with Gasteiger partial charge in [-0.15, -0.1) is 0 Å². The maximum Gasteiger partial charge on any atom is 0.137 e. The Hall–Kier alpha value is -3.78. The molecule has 5 heteroatoms. The zero-order valence-electron chi connectivity index (χ0n) is 18.2. The highest BCUT2D eigenvalue weighted by molar-refractivity contribution is 5.88. The third-order valence-electron chi connectivity index (χ3n) is 5.58. The van der Waals surface area contributed by atoms with Crippen LogP contribution in [-0.4, -0.2) is 6.61 Å². The quantitative estimate of drug-likeness (QED) is 0.298. The smallest absolute Gasteiger partial charge is 0.137 e. The fourth-order valence-electron chi connectivity index (χ4n) is 3.84. The molecule has 4 rings (SSSR count). The van der Waals surface area contributed by atoms with E-state index in [4.69, 9.17) is 10.00 Å². The zero-order valence-corrected chi connectivity index (χ0v) is 18.2. The lowest BCUT2D eigenvalue weighted by atomic mass is 9.96. The minimum absolute atomic E-state index is 0.148. The molecule has 0 atom stereocenters. The fourth-order valence-corrected chi connectivity index (χ4v) is 3.84. The van der Waals surface area contributed by atoms with Crippen molar-refractivity contribution < 1.29 is 17.9 Å². The van der Waals surface area contributed by atoms with Crippen molar-refractivity contribution in [3.05, 3.63) is 101 Å². The number of ether oxygens (including phenoxy) is 1. The third kappa shape index (κ3) is 4.85. The van der Waals surface area contributed by atoms with Gasteiger partial charge < -0.3 is 4.74 Å². The highest BCUT2D eigenvalue weighted by atomic mass is 19.1. The lowest BCUT2D eigenvalue weighted by Crippen LogP contribution is -1.99. The van der Waals surface area contributed by atoms with Crippen molar-refractivity contribution in [1.29, 1.82) is 5.26 Å². The molecule has 0 saturated heterocycles. The summed E-state index contributed by atoms with van der Waals surface area (Å²) in [6.07, 6.45) is 1.86. The molecule has 4 aromatic carbocycles. The predicted molar refractivity (Wildman–Crippen MR) is 124 cm³/mol. The van der Waals surface area contributed by atoms with E-state index in [-0.39, 0.29) is 17.1 Å². The predicted octanol–water partition coefficient (Wildman–Crippen LogP) is 7.37. The van der Waals surface area contributed by atoms with Crippen LogP contribution in [0.2, 0.25) is 0 Å². The lowest BCUT2D eigenvalue weighted by molar-refractivity contribution is 0.314. The Bertz CT molecular complexity index is 1320. The Labute approximate surface area is 190 Å². The third-order valence-corrected chi connectivity index (χ3v) is 5.58. The van der Waals surface area contributed by atoms with E-state index in [1.165, 1.54) is 18.2 Å². The van der Waals surface area contributed by atoms with Gasteiger partial charge >= 0.3 is 0 Å². The van der Waals surface area contributed by atoms with E-state index in [0.717, 1.165) is 12.0 Å². The van der Waals surface area contributed by atoms with Crippen molar-refractivity contribution in [3.63, 3.8) is 0 Å². The van der Waals surface area contributed by atoms with Gasteiger partial charge in [0.1, 0.15) is 23.2 Å². The largest absolute Gasteiger partial charge is 0.493 e. The van der Waals surface area contributed by atoms with Gasteiger partial charge in [-0.3, -0.25) is 0 Å². The van der Waals surface area contributed by atoms with Gasteiger partial charge in [0.2, 0.25) is 0 Å². The summed E-state index contributed by atoms with van der Waals surface area (Å²) in [6, 6.07) is 19.8. The second kappa shape index (κ2) is 9.79. The first-order valence-corrected chi connectivity index (χ1v) is 10.8. The minimum Gasteiger partial charge on any atom is -0.493 e. The molecule has 0 saturated carbocycles. The molecule has 0 aliphatic carbocycles. The normalized spacial score (nSPS) is 10.9. The molecule has 0 aliphatic heterocycles. The molecule has 0 spiro atoms. The van der Waals surface area contributed by atoms with Crippen LogP contribution in [0.1, 0.15) is 30.0 Å². The second-order valence-electron chi connectivity index (χ2n) is 7.89. The van der Waals surface area contributed by atoms with Gasteiger partial charge in [-0.1, -0.05) is 43.3 Å². The molecule has 0 aliphatic rings. The van der Waals surface area contributed by atoms with Gasteiger partial charge in [-0.25, -0.2) is 13.2 Å². The first-order valence-electron chi connectivity index (χ1n) is 10.8. The molecule has 33 heavy (non-hydrogen) atoms. The first kappa shape index (κ1) is 22.4. The number of halogens is 3. The van der Waals surface area contributed by atoms with E-state index in [1.54, 1.807) is 36.4 Å². The van der Waals surface area contributed by atoms with Crippen LogP contribution in [0.4, 0.5) is 13.2 Å². The fraction of sp³-hybridized carbons (Fsp3) is 0.179. The zero-order chi connectivity index (χ0) is 23.4. The number of hydrogen-bond acceptors (Lipinski definition) is 2. The summed E-state index contributed by atoms with van der Waals surface area (Å²) in [4.78, 5) is 0. The summed E-state index contributed by atoms with van der Waals surface area (Å²) in [5.41, 5.74) is 2.34. The van der Waals surface area contributed by atoms with Crippen molar-refractivity contribution in [1.82, 2.24) is 0 Å². The molecule has 0 fully saturated rings. The second-order valence-corrected chi connectivity index (χ2v) is 7.89. The Kier molecular flexibility index (Phi) is 6.65. The average Bonchev–Trinajstić information content (AvgIpc) is 2.82. The Morgan fingerprint density at radius 1 is 0.848 bits per heavy atom. The van der Waals surface area contributed by atoms with Crippen LogP contribution in [0.5, 0.6) is 5.75 Å². The molecule has 0 radical (unpaired) electrons. The van der Waals surface area contributed by atoms with Crippen LogP contribution in [0.3, 0.4) is 0 Å². The van der Waals surface area contributed by atoms with Gasteiger partial charge in [0.25, 0.3) is 0 Å². The maximum absolute atomic E-state index is 15.1. The van der Waals surface area contributed by atoms with E-state index in [1.807, 2.05) is 19.1 Å². The number of nitrogens with zero attached hydrogens (tertiary/aromatic N) is 1. The van der Waals surface area contributed by atoms with E-state index in [9.17, 15) is 8.78 Å². The highest BCUT2D eigenvalue weighted by Crippen LogP contribution is 2.33. The highest BCUT2D eigenvalue weighted by Gasteiger charge is 2.16. The Morgan fingerprint density at radius 3 is 2.24 bits per heavy atom. The molecule has 0 unspecified atom stereocenters. The van der Waals surface area contributed by atoms with Crippen molar-refractivity contribution in [2.45, 2.75) is 26.2 Å². The molecular formula is C28H22F3NO. The molecule has 0 bridgehead atoms. The monoisotopic (exact) mass is 445 g/mol. The number of hydrogen-bond donors (Lipinski definition) is 0. The summed E-state index contributed by atoms with van der Waals surface area (Å²) < 4.78 is 49.8. The van der Waals surface area contributed by atoms with Gasteiger partial charge in [-0.05, 0) is 59.5 Å². The number of benzene rings is 4. The molecule has 0 amide bonds. The number of nitriles is 1. The SMILES string of the molecule is CCCOc1cc(F)c(-c2ccc3c(F)c(CCc4ccc(C#N)cc4)ccc3c2)c(F)c1. The van der Waals surface area contributed by atoms with Gasteiger partial charge in [-0.2, -0.15) is 5.26 Å². The summed E-state index contributed by atoms with van der Waals surface area (Å²) in [5.74, 6) is -1.63. The first-order chi connectivity index (χ1) is 16.0. The number of aryl methyl sites for hydroxylation is 2. The van der Waals surface area contributed by atoms with E-state index in [0.29, 0.717) is 46.9 Å². The van der Waals surface area contributed by atoms with Crippen LogP contribution < -0.4 is 4.74 Å². The van der Waals surface area contributed by atoms with Crippen LogP contribution in [-0.2, 0) is 12.8 Å². The average molecular weight is 445 g/mol. The standard InChI is InChI=1S/C28H22F3NO/c1-2-13-33-23-15-25(29)27(26(30)16-23)22-11-12-24-21(14-22)10-9-20(28(24)31)8-7-18-3-5-19(17-32)6-4-18/h3-6,9-12,14-16H,2,7-8,13H2,1H3. The van der Waals surface area contributed by atoms with Crippen LogP contribution in [0.25, 0.3) is 21.9 Å². The topological polar surface area (TPSA) is 33.0 Å². The summed E-state index contributed by atoms with van der Waals surface area (Å²) >= 11 is 0. The minimum atomic E-state index is -0.722. The Balaban J connectivity index is 1.60. The number of fused-ring (bicyclic) bond motifs is 1. The van der Waals surface area contributed by atoms with Crippen molar-refractivity contribution in [2.75, 3.05) is 6.61 Å². The van der Waals surface area contributed by atoms with E-state index in [2.05, 4.69) is 6.07 Å². The Morgan fingerprint density at radius 2 is 1.58 bits per heavy atom. The molecule has 0 aromatic heterocycles. The van der Waals surface area contributed by atoms with Gasteiger partial charge in [0, 0.05) is 17.5 Å². The maximum atomic E-state index is 15.1. The van der Waals surface area contributed by atoms with E-state index < -0.39 is 11.6 Å². The van der Waals surface area contributed by atoms with E-state index >= 15 is 4.39 Å². The van der Waals surface area contributed by atoms with Gasteiger partial charge in [0.15, 0.2) is 0 Å². The molecule has 0 heterocycles.